The molecule has 0 aliphatic heterocycles. The second-order valence-electron chi connectivity index (χ2n) is 6.85. The van der Waals surface area contributed by atoms with Crippen molar-refractivity contribution in [1.29, 1.82) is 0 Å². The molecular formula is C25H24O. The van der Waals surface area contributed by atoms with Crippen LogP contribution in [0.25, 0.3) is 16.7 Å². The Labute approximate surface area is 156 Å². The summed E-state index contributed by atoms with van der Waals surface area (Å²) in [5.74, 6) is 0.906. The quantitative estimate of drug-likeness (QED) is 0.491. The van der Waals surface area contributed by atoms with Crippen molar-refractivity contribution in [2.75, 3.05) is 0 Å². The van der Waals surface area contributed by atoms with Gasteiger partial charge in [0.2, 0.25) is 0 Å². The molecule has 0 bridgehead atoms. The molecule has 0 heterocycles. The van der Waals surface area contributed by atoms with Gasteiger partial charge in [-0.3, -0.25) is 0 Å². The molecule has 3 aromatic carbocycles. The molecule has 0 radical (unpaired) electrons. The van der Waals surface area contributed by atoms with Crippen LogP contribution in [0.2, 0.25) is 0 Å². The van der Waals surface area contributed by atoms with Gasteiger partial charge in [0, 0.05) is 0 Å². The van der Waals surface area contributed by atoms with Crippen LogP contribution in [0.3, 0.4) is 0 Å². The first-order valence-electron chi connectivity index (χ1n) is 9.45. The molecule has 26 heavy (non-hydrogen) atoms. The second kappa shape index (κ2) is 8.05. The van der Waals surface area contributed by atoms with E-state index in [1.54, 1.807) is 0 Å². The average molecular weight is 340 g/mol. The van der Waals surface area contributed by atoms with Gasteiger partial charge in [0.05, 0.1) is 0 Å². The summed E-state index contributed by atoms with van der Waals surface area (Å²) in [5.41, 5.74) is 6.55. The Morgan fingerprint density at radius 2 is 1.50 bits per heavy atom. The molecule has 0 aromatic heterocycles. The van der Waals surface area contributed by atoms with Gasteiger partial charge < -0.3 is 4.74 Å². The lowest BCUT2D eigenvalue weighted by molar-refractivity contribution is 0.306. The summed E-state index contributed by atoms with van der Waals surface area (Å²) in [6.07, 6.45) is 7.46. The van der Waals surface area contributed by atoms with E-state index in [4.69, 9.17) is 4.74 Å². The summed E-state index contributed by atoms with van der Waals surface area (Å²) in [7, 11) is 0. The third kappa shape index (κ3) is 4.05. The van der Waals surface area contributed by atoms with Crippen molar-refractivity contribution < 1.29 is 4.74 Å². The zero-order chi connectivity index (χ0) is 17.6. The molecule has 1 aliphatic rings. The number of allylic oxidation sites excluding steroid dienone is 2. The molecule has 0 saturated carbocycles. The molecule has 0 saturated heterocycles. The van der Waals surface area contributed by atoms with Gasteiger partial charge in [-0.2, -0.15) is 0 Å². The minimum atomic E-state index is 0.601. The van der Waals surface area contributed by atoms with E-state index >= 15 is 0 Å². The Morgan fingerprint density at radius 1 is 0.692 bits per heavy atom. The van der Waals surface area contributed by atoms with Gasteiger partial charge in [0.15, 0.2) is 0 Å². The fraction of sp³-hybridized carbons (Fsp3) is 0.200. The Morgan fingerprint density at radius 3 is 2.27 bits per heavy atom. The van der Waals surface area contributed by atoms with Crippen molar-refractivity contribution in [1.82, 2.24) is 0 Å². The average Bonchev–Trinajstić information content (AvgIpc) is 2.74. The van der Waals surface area contributed by atoms with Crippen molar-refractivity contribution in [3.8, 4) is 16.9 Å². The Balaban J connectivity index is 1.47. The molecular weight excluding hydrogens is 316 g/mol. The van der Waals surface area contributed by atoms with Gasteiger partial charge in [0.25, 0.3) is 0 Å². The van der Waals surface area contributed by atoms with Crippen LogP contribution < -0.4 is 4.74 Å². The third-order valence-electron chi connectivity index (χ3n) is 4.96. The van der Waals surface area contributed by atoms with Gasteiger partial charge >= 0.3 is 0 Å². The summed E-state index contributed by atoms with van der Waals surface area (Å²) in [6.45, 7) is 0.601. The summed E-state index contributed by atoms with van der Waals surface area (Å²) in [6, 6.07) is 27.6. The van der Waals surface area contributed by atoms with Crippen molar-refractivity contribution in [2.45, 2.75) is 32.3 Å². The van der Waals surface area contributed by atoms with Crippen LogP contribution in [0, 0.1) is 0 Å². The zero-order valence-electron chi connectivity index (χ0n) is 15.0. The number of hydrogen-bond donors (Lipinski definition) is 0. The Bertz CT molecular complexity index is 876. The first-order chi connectivity index (χ1) is 12.9. The van der Waals surface area contributed by atoms with E-state index in [0.29, 0.717) is 6.61 Å². The molecule has 4 rings (SSSR count). The number of benzene rings is 3. The minimum absolute atomic E-state index is 0.601. The lowest BCUT2D eigenvalue weighted by Gasteiger charge is -2.14. The van der Waals surface area contributed by atoms with Crippen LogP contribution in [0.15, 0.2) is 84.9 Å². The normalized spacial score (nSPS) is 13.9. The van der Waals surface area contributed by atoms with Crippen LogP contribution >= 0.6 is 0 Å². The van der Waals surface area contributed by atoms with Crippen molar-refractivity contribution in [2.24, 2.45) is 0 Å². The van der Waals surface area contributed by atoms with Crippen LogP contribution in [-0.4, -0.2) is 0 Å². The Hall–Kier alpha value is -2.80. The van der Waals surface area contributed by atoms with Crippen molar-refractivity contribution in [3.63, 3.8) is 0 Å². The maximum atomic E-state index is 5.89. The molecule has 1 heteroatoms. The molecule has 0 spiro atoms. The van der Waals surface area contributed by atoms with Crippen molar-refractivity contribution >= 4 is 5.57 Å². The van der Waals surface area contributed by atoms with E-state index in [1.165, 1.54) is 53.5 Å². The molecule has 0 atom stereocenters. The molecule has 0 amide bonds. The lowest BCUT2D eigenvalue weighted by Crippen LogP contribution is -1.95. The van der Waals surface area contributed by atoms with Crippen molar-refractivity contribution in [3.05, 3.63) is 96.1 Å². The first-order valence-corrected chi connectivity index (χ1v) is 9.45. The first kappa shape index (κ1) is 16.7. The van der Waals surface area contributed by atoms with E-state index in [9.17, 15) is 0 Å². The lowest BCUT2D eigenvalue weighted by atomic mass is 9.92. The predicted molar refractivity (Wildman–Crippen MR) is 109 cm³/mol. The molecule has 1 nitrogen and oxygen atoms in total. The van der Waals surface area contributed by atoms with E-state index in [-0.39, 0.29) is 0 Å². The molecule has 130 valence electrons. The molecule has 3 aromatic rings. The number of rotatable bonds is 5. The highest BCUT2D eigenvalue weighted by Crippen LogP contribution is 2.30. The summed E-state index contributed by atoms with van der Waals surface area (Å²) < 4.78 is 5.89. The fourth-order valence-electron chi connectivity index (χ4n) is 3.48. The zero-order valence-corrected chi connectivity index (χ0v) is 15.0. The molecule has 1 aliphatic carbocycles. The minimum Gasteiger partial charge on any atom is -0.489 e. The standard InChI is InChI=1S/C25H24O/c1-3-8-20(9-4-1)19-26-25-16-14-22(15-17-25)24-13-7-12-23(18-24)21-10-5-2-6-11-21/h1,3-4,7-10,12-18H,2,5-6,11,19H2. The van der Waals surface area contributed by atoms with E-state index in [1.807, 2.05) is 18.2 Å². The summed E-state index contributed by atoms with van der Waals surface area (Å²) in [5, 5.41) is 0. The highest BCUT2D eigenvalue weighted by Gasteiger charge is 2.07. The smallest absolute Gasteiger partial charge is 0.119 e. The highest BCUT2D eigenvalue weighted by atomic mass is 16.5. The van der Waals surface area contributed by atoms with E-state index in [0.717, 1.165) is 5.75 Å². The van der Waals surface area contributed by atoms with Crippen LogP contribution in [0.1, 0.15) is 36.8 Å². The van der Waals surface area contributed by atoms with Gasteiger partial charge in [0.1, 0.15) is 12.4 Å². The number of ether oxygens (including phenoxy) is 1. The maximum absolute atomic E-state index is 5.89. The summed E-state index contributed by atoms with van der Waals surface area (Å²) in [4.78, 5) is 0. The van der Waals surface area contributed by atoms with Gasteiger partial charge in [-0.1, -0.05) is 66.7 Å². The number of hydrogen-bond acceptors (Lipinski definition) is 1. The van der Waals surface area contributed by atoms with Crippen LogP contribution in [0.5, 0.6) is 5.75 Å². The van der Waals surface area contributed by atoms with E-state index in [2.05, 4.69) is 66.7 Å². The predicted octanol–water partition coefficient (Wildman–Crippen LogP) is 6.89. The fourth-order valence-corrected chi connectivity index (χ4v) is 3.48. The largest absolute Gasteiger partial charge is 0.489 e. The third-order valence-corrected chi connectivity index (χ3v) is 4.96. The SMILES string of the molecule is C1=C(c2cccc(-c3ccc(OCc4ccccc4)cc3)c2)CCCC1. The Kier molecular flexibility index (Phi) is 5.16. The topological polar surface area (TPSA) is 9.23 Å². The molecule has 0 fully saturated rings. The van der Waals surface area contributed by atoms with Gasteiger partial charge in [-0.05, 0) is 71.7 Å². The molecule has 0 N–H and O–H groups in total. The van der Waals surface area contributed by atoms with Gasteiger partial charge in [-0.25, -0.2) is 0 Å². The maximum Gasteiger partial charge on any atom is 0.119 e. The van der Waals surface area contributed by atoms with Gasteiger partial charge in [-0.15, -0.1) is 0 Å². The summed E-state index contributed by atoms with van der Waals surface area (Å²) >= 11 is 0. The highest BCUT2D eigenvalue weighted by molar-refractivity contribution is 5.73. The van der Waals surface area contributed by atoms with Crippen LogP contribution in [-0.2, 0) is 6.61 Å². The van der Waals surface area contributed by atoms with Crippen LogP contribution in [0.4, 0.5) is 0 Å². The monoisotopic (exact) mass is 340 g/mol. The van der Waals surface area contributed by atoms with E-state index < -0.39 is 0 Å². The molecule has 0 unspecified atom stereocenters. The second-order valence-corrected chi connectivity index (χ2v) is 6.85.